The highest BCUT2D eigenvalue weighted by Crippen LogP contribution is 2.31. The summed E-state index contributed by atoms with van der Waals surface area (Å²) in [6, 6.07) is 3.78. The van der Waals surface area contributed by atoms with E-state index in [2.05, 4.69) is 22.9 Å². The van der Waals surface area contributed by atoms with Crippen LogP contribution in [0.25, 0.3) is 0 Å². The maximum atomic E-state index is 12.3. The summed E-state index contributed by atoms with van der Waals surface area (Å²) in [5.41, 5.74) is 5.62. The minimum atomic E-state index is -0.159. The number of nitrogens with two attached hydrogens (primary N) is 1. The first-order valence-electron chi connectivity index (χ1n) is 5.34. The monoisotopic (exact) mass is 302 g/mol. The van der Waals surface area contributed by atoms with Crippen molar-refractivity contribution in [2.75, 3.05) is 13.1 Å². The average molecular weight is 303 g/mol. The average Bonchev–Trinajstić information content (AvgIpc) is 2.85. The molecule has 3 nitrogen and oxygen atoms in total. The summed E-state index contributed by atoms with van der Waals surface area (Å²) in [5, 5.41) is 0. The lowest BCUT2D eigenvalue weighted by Gasteiger charge is -2.33. The Morgan fingerprint density at radius 3 is 3.00 bits per heavy atom. The van der Waals surface area contributed by atoms with Crippen molar-refractivity contribution in [2.45, 2.75) is 25.3 Å². The number of rotatable bonds is 2. The van der Waals surface area contributed by atoms with E-state index in [0.717, 1.165) is 28.0 Å². The molecule has 1 unspecified atom stereocenters. The van der Waals surface area contributed by atoms with Crippen LogP contribution in [-0.2, 0) is 0 Å². The van der Waals surface area contributed by atoms with Crippen LogP contribution in [0.15, 0.2) is 15.9 Å². The molecule has 0 aromatic carbocycles. The van der Waals surface area contributed by atoms with E-state index in [-0.39, 0.29) is 11.4 Å². The highest BCUT2D eigenvalue weighted by Gasteiger charge is 2.39. The van der Waals surface area contributed by atoms with Gasteiger partial charge in [0.05, 0.1) is 14.2 Å². The molecule has 1 amide bonds. The number of carbonyl (C=O) groups excluding carboxylic acids is 1. The van der Waals surface area contributed by atoms with Gasteiger partial charge in [0, 0.05) is 13.1 Å². The molecular formula is C11H15BrN2OS. The maximum absolute atomic E-state index is 12.3. The molecule has 1 fully saturated rings. The predicted octanol–water partition coefficient (Wildman–Crippen LogP) is 2.46. The van der Waals surface area contributed by atoms with Crippen LogP contribution in [0.5, 0.6) is 0 Å². The summed E-state index contributed by atoms with van der Waals surface area (Å²) >= 11 is 4.86. The summed E-state index contributed by atoms with van der Waals surface area (Å²) in [6.45, 7) is 3.42. The van der Waals surface area contributed by atoms with Crippen molar-refractivity contribution < 1.29 is 4.79 Å². The second-order valence-corrected chi connectivity index (χ2v) is 6.83. The zero-order valence-electron chi connectivity index (χ0n) is 9.20. The van der Waals surface area contributed by atoms with E-state index < -0.39 is 0 Å². The van der Waals surface area contributed by atoms with Gasteiger partial charge in [-0.2, -0.15) is 0 Å². The van der Waals surface area contributed by atoms with Gasteiger partial charge < -0.3 is 10.6 Å². The molecule has 1 aliphatic rings. The third kappa shape index (κ3) is 2.04. The Kier molecular flexibility index (Phi) is 3.37. The number of nitrogens with zero attached hydrogens (tertiary/aromatic N) is 1. The topological polar surface area (TPSA) is 46.3 Å². The molecule has 2 rings (SSSR count). The Morgan fingerprint density at radius 2 is 2.44 bits per heavy atom. The third-order valence-corrected chi connectivity index (χ3v) is 4.83. The number of hydrogen-bond acceptors (Lipinski definition) is 3. The van der Waals surface area contributed by atoms with Gasteiger partial charge in [0.25, 0.3) is 5.91 Å². The number of halogens is 1. The van der Waals surface area contributed by atoms with Crippen molar-refractivity contribution in [3.05, 3.63) is 20.8 Å². The van der Waals surface area contributed by atoms with Gasteiger partial charge in [-0.05, 0) is 47.8 Å². The molecule has 2 N–H and O–H groups in total. The van der Waals surface area contributed by atoms with Crippen LogP contribution in [0, 0.1) is 0 Å². The second kappa shape index (κ2) is 4.47. The van der Waals surface area contributed by atoms with Gasteiger partial charge in [-0.15, -0.1) is 11.3 Å². The van der Waals surface area contributed by atoms with Crippen molar-refractivity contribution in [2.24, 2.45) is 5.73 Å². The Hall–Kier alpha value is -0.390. The molecule has 1 aliphatic heterocycles. The van der Waals surface area contributed by atoms with Gasteiger partial charge in [0.1, 0.15) is 0 Å². The molecule has 0 bridgehead atoms. The van der Waals surface area contributed by atoms with E-state index in [1.165, 1.54) is 11.3 Å². The minimum Gasteiger partial charge on any atom is -0.331 e. The molecule has 2 heterocycles. The smallest absolute Gasteiger partial charge is 0.264 e. The summed E-state index contributed by atoms with van der Waals surface area (Å²) in [4.78, 5) is 15.0. The molecular weight excluding hydrogens is 288 g/mol. The summed E-state index contributed by atoms with van der Waals surface area (Å²) in [6.07, 6.45) is 2.05. The SMILES string of the molecule is CC1(CN)CCCN1C(=O)c1ccc(Br)s1. The first kappa shape index (κ1) is 12.1. The zero-order valence-corrected chi connectivity index (χ0v) is 11.6. The third-order valence-electron chi connectivity index (χ3n) is 3.22. The number of carbonyl (C=O) groups is 1. The molecule has 0 saturated carbocycles. The molecule has 1 aromatic rings. The Morgan fingerprint density at radius 1 is 1.69 bits per heavy atom. The molecule has 1 aromatic heterocycles. The van der Waals surface area contributed by atoms with Crippen molar-refractivity contribution in [1.29, 1.82) is 0 Å². The Bertz CT molecular complexity index is 406. The highest BCUT2D eigenvalue weighted by atomic mass is 79.9. The molecule has 5 heteroatoms. The molecule has 0 aliphatic carbocycles. The molecule has 16 heavy (non-hydrogen) atoms. The van der Waals surface area contributed by atoms with Crippen LogP contribution < -0.4 is 5.73 Å². The van der Waals surface area contributed by atoms with Crippen LogP contribution in [-0.4, -0.2) is 29.4 Å². The first-order chi connectivity index (χ1) is 7.57. The van der Waals surface area contributed by atoms with Crippen molar-refractivity contribution >= 4 is 33.2 Å². The summed E-state index contributed by atoms with van der Waals surface area (Å²) in [7, 11) is 0. The lowest BCUT2D eigenvalue weighted by atomic mass is 9.99. The fourth-order valence-electron chi connectivity index (χ4n) is 2.14. The molecule has 1 atom stereocenters. The van der Waals surface area contributed by atoms with Gasteiger partial charge in [0.15, 0.2) is 0 Å². The number of hydrogen-bond donors (Lipinski definition) is 1. The minimum absolute atomic E-state index is 0.112. The quantitative estimate of drug-likeness (QED) is 0.912. The van der Waals surface area contributed by atoms with Crippen LogP contribution in [0.2, 0.25) is 0 Å². The lowest BCUT2D eigenvalue weighted by Crippen LogP contribution is -2.49. The van der Waals surface area contributed by atoms with E-state index in [1.54, 1.807) is 0 Å². The van der Waals surface area contributed by atoms with Crippen LogP contribution in [0.4, 0.5) is 0 Å². The second-order valence-electron chi connectivity index (χ2n) is 4.37. The predicted molar refractivity (Wildman–Crippen MR) is 69.7 cm³/mol. The van der Waals surface area contributed by atoms with E-state index in [9.17, 15) is 4.79 Å². The molecule has 0 spiro atoms. The van der Waals surface area contributed by atoms with Gasteiger partial charge in [-0.3, -0.25) is 4.79 Å². The molecule has 0 radical (unpaired) electrons. The van der Waals surface area contributed by atoms with Crippen LogP contribution >= 0.6 is 27.3 Å². The Labute approximate surface area is 108 Å². The van der Waals surface area contributed by atoms with E-state index >= 15 is 0 Å². The van der Waals surface area contributed by atoms with E-state index in [1.807, 2.05) is 17.0 Å². The summed E-state index contributed by atoms with van der Waals surface area (Å²) in [5.74, 6) is 0.112. The molecule has 88 valence electrons. The van der Waals surface area contributed by atoms with Crippen molar-refractivity contribution in [1.82, 2.24) is 4.90 Å². The van der Waals surface area contributed by atoms with Crippen molar-refractivity contribution in [3.8, 4) is 0 Å². The highest BCUT2D eigenvalue weighted by molar-refractivity contribution is 9.11. The first-order valence-corrected chi connectivity index (χ1v) is 6.95. The van der Waals surface area contributed by atoms with Crippen molar-refractivity contribution in [3.63, 3.8) is 0 Å². The number of likely N-dealkylation sites (tertiary alicyclic amines) is 1. The normalized spacial score (nSPS) is 25.1. The Balaban J connectivity index is 2.22. The zero-order chi connectivity index (χ0) is 11.8. The van der Waals surface area contributed by atoms with E-state index in [4.69, 9.17) is 5.73 Å². The standard InChI is InChI=1S/C11H15BrN2OS/c1-11(7-13)5-2-6-14(11)10(15)8-3-4-9(12)16-8/h3-4H,2,5-7,13H2,1H3. The van der Waals surface area contributed by atoms with Gasteiger partial charge >= 0.3 is 0 Å². The fourth-order valence-corrected chi connectivity index (χ4v) is 3.48. The number of amides is 1. The van der Waals surface area contributed by atoms with Crippen LogP contribution in [0.1, 0.15) is 29.4 Å². The van der Waals surface area contributed by atoms with E-state index in [0.29, 0.717) is 6.54 Å². The largest absolute Gasteiger partial charge is 0.331 e. The fraction of sp³-hybridized carbons (Fsp3) is 0.545. The summed E-state index contributed by atoms with van der Waals surface area (Å²) < 4.78 is 0.990. The van der Waals surface area contributed by atoms with Gasteiger partial charge in [-0.1, -0.05) is 0 Å². The van der Waals surface area contributed by atoms with Gasteiger partial charge in [-0.25, -0.2) is 0 Å². The van der Waals surface area contributed by atoms with Crippen LogP contribution in [0.3, 0.4) is 0 Å². The lowest BCUT2D eigenvalue weighted by molar-refractivity contribution is 0.0642. The molecule has 1 saturated heterocycles. The van der Waals surface area contributed by atoms with Gasteiger partial charge in [0.2, 0.25) is 0 Å². The number of thiophene rings is 1. The maximum Gasteiger partial charge on any atom is 0.264 e.